The number of fused-ring (bicyclic) bond motifs is 1. The van der Waals surface area contributed by atoms with Gasteiger partial charge in [-0.1, -0.05) is 0 Å². The van der Waals surface area contributed by atoms with E-state index in [0.717, 1.165) is 36.8 Å². The standard InChI is InChI=1S/C14H19NO3/c1-2-12(16-7-1)5-6-15-11-3-4-13-14(10-11)18-9-8-17-13/h3-4,10,12,15H,1-2,5-9H2. The summed E-state index contributed by atoms with van der Waals surface area (Å²) in [7, 11) is 0. The summed E-state index contributed by atoms with van der Waals surface area (Å²) in [5.74, 6) is 1.68. The largest absolute Gasteiger partial charge is 0.486 e. The predicted octanol–water partition coefficient (Wildman–Crippen LogP) is 2.44. The summed E-state index contributed by atoms with van der Waals surface area (Å²) in [4.78, 5) is 0. The summed E-state index contributed by atoms with van der Waals surface area (Å²) in [6.45, 7) is 3.13. The second-order valence-corrected chi connectivity index (χ2v) is 4.71. The molecule has 1 saturated heterocycles. The van der Waals surface area contributed by atoms with Crippen molar-refractivity contribution in [1.82, 2.24) is 0 Å². The van der Waals surface area contributed by atoms with Crippen molar-refractivity contribution in [2.45, 2.75) is 25.4 Å². The number of rotatable bonds is 4. The Hall–Kier alpha value is -1.42. The van der Waals surface area contributed by atoms with Gasteiger partial charge in [0.05, 0.1) is 6.10 Å². The minimum atomic E-state index is 0.440. The molecule has 4 heteroatoms. The van der Waals surface area contributed by atoms with Crippen LogP contribution in [0.5, 0.6) is 11.5 Å². The second-order valence-electron chi connectivity index (χ2n) is 4.71. The van der Waals surface area contributed by atoms with Crippen LogP contribution in [0.2, 0.25) is 0 Å². The summed E-state index contributed by atoms with van der Waals surface area (Å²) in [5.41, 5.74) is 1.08. The third kappa shape index (κ3) is 2.70. The molecule has 1 atom stereocenters. The molecule has 0 aromatic heterocycles. The van der Waals surface area contributed by atoms with Crippen molar-refractivity contribution in [2.24, 2.45) is 0 Å². The monoisotopic (exact) mass is 249 g/mol. The minimum absolute atomic E-state index is 0.440. The van der Waals surface area contributed by atoms with Gasteiger partial charge in [-0.05, 0) is 31.4 Å². The van der Waals surface area contributed by atoms with Crippen LogP contribution in [0.3, 0.4) is 0 Å². The Morgan fingerprint density at radius 1 is 1.11 bits per heavy atom. The maximum absolute atomic E-state index is 5.60. The van der Waals surface area contributed by atoms with Gasteiger partial charge in [-0.25, -0.2) is 0 Å². The Morgan fingerprint density at radius 3 is 2.83 bits per heavy atom. The van der Waals surface area contributed by atoms with Crippen molar-refractivity contribution in [3.05, 3.63) is 18.2 Å². The molecule has 0 radical (unpaired) electrons. The fourth-order valence-electron chi connectivity index (χ4n) is 2.40. The predicted molar refractivity (Wildman–Crippen MR) is 69.5 cm³/mol. The van der Waals surface area contributed by atoms with Gasteiger partial charge in [-0.2, -0.15) is 0 Å². The van der Waals surface area contributed by atoms with Crippen molar-refractivity contribution < 1.29 is 14.2 Å². The van der Waals surface area contributed by atoms with E-state index >= 15 is 0 Å². The zero-order chi connectivity index (χ0) is 12.2. The lowest BCUT2D eigenvalue weighted by Crippen LogP contribution is -2.16. The fourth-order valence-corrected chi connectivity index (χ4v) is 2.40. The number of nitrogens with one attached hydrogen (secondary N) is 1. The van der Waals surface area contributed by atoms with Gasteiger partial charge < -0.3 is 19.5 Å². The van der Waals surface area contributed by atoms with Crippen LogP contribution in [0.15, 0.2) is 18.2 Å². The number of hydrogen-bond acceptors (Lipinski definition) is 4. The summed E-state index contributed by atoms with van der Waals surface area (Å²) in [6, 6.07) is 6.00. The second kappa shape index (κ2) is 5.48. The Labute approximate surface area is 107 Å². The lowest BCUT2D eigenvalue weighted by Gasteiger charge is -2.19. The van der Waals surface area contributed by atoms with Crippen LogP contribution >= 0.6 is 0 Å². The normalized spacial score (nSPS) is 21.9. The SMILES string of the molecule is c1cc2c(cc1NCCC1CCCO1)OCCO2. The van der Waals surface area contributed by atoms with Crippen molar-refractivity contribution in [3.63, 3.8) is 0 Å². The molecular weight excluding hydrogens is 230 g/mol. The van der Waals surface area contributed by atoms with Crippen molar-refractivity contribution in [2.75, 3.05) is 31.7 Å². The maximum atomic E-state index is 5.60. The molecule has 1 N–H and O–H groups in total. The van der Waals surface area contributed by atoms with Gasteiger partial charge in [-0.15, -0.1) is 0 Å². The maximum Gasteiger partial charge on any atom is 0.163 e. The highest BCUT2D eigenvalue weighted by Crippen LogP contribution is 2.32. The van der Waals surface area contributed by atoms with Gasteiger partial charge >= 0.3 is 0 Å². The Bertz CT molecular complexity index is 402. The molecule has 2 heterocycles. The molecule has 0 aliphatic carbocycles. The van der Waals surface area contributed by atoms with Crippen LogP contribution in [0, 0.1) is 0 Å². The molecule has 1 aromatic rings. The van der Waals surface area contributed by atoms with Gasteiger partial charge in [-0.3, -0.25) is 0 Å². The van der Waals surface area contributed by atoms with Crippen molar-refractivity contribution >= 4 is 5.69 Å². The van der Waals surface area contributed by atoms with Gasteiger partial charge in [0.15, 0.2) is 11.5 Å². The van der Waals surface area contributed by atoms with E-state index in [1.165, 1.54) is 12.8 Å². The van der Waals surface area contributed by atoms with Crippen LogP contribution in [-0.2, 0) is 4.74 Å². The van der Waals surface area contributed by atoms with Crippen LogP contribution in [0.1, 0.15) is 19.3 Å². The molecular formula is C14H19NO3. The van der Waals surface area contributed by atoms with E-state index in [4.69, 9.17) is 14.2 Å². The summed E-state index contributed by atoms with van der Waals surface area (Å²) < 4.78 is 16.6. The number of ether oxygens (including phenoxy) is 3. The molecule has 1 aromatic carbocycles. The van der Waals surface area contributed by atoms with E-state index in [0.29, 0.717) is 19.3 Å². The highest BCUT2D eigenvalue weighted by atomic mass is 16.6. The van der Waals surface area contributed by atoms with Crippen LogP contribution in [0.4, 0.5) is 5.69 Å². The van der Waals surface area contributed by atoms with Crippen LogP contribution < -0.4 is 14.8 Å². The topological polar surface area (TPSA) is 39.7 Å². The Kier molecular flexibility index (Phi) is 3.55. The molecule has 0 saturated carbocycles. The molecule has 2 aliphatic heterocycles. The highest BCUT2D eigenvalue weighted by Gasteiger charge is 2.15. The summed E-state index contributed by atoms with van der Waals surface area (Å²) >= 11 is 0. The molecule has 0 spiro atoms. The van der Waals surface area contributed by atoms with E-state index in [1.54, 1.807) is 0 Å². The molecule has 98 valence electrons. The van der Waals surface area contributed by atoms with Crippen molar-refractivity contribution in [3.8, 4) is 11.5 Å². The van der Waals surface area contributed by atoms with Gasteiger partial charge in [0.1, 0.15) is 13.2 Å². The van der Waals surface area contributed by atoms with Gasteiger partial charge in [0, 0.05) is 24.9 Å². The first-order valence-corrected chi connectivity index (χ1v) is 6.67. The lowest BCUT2D eigenvalue weighted by atomic mass is 10.2. The first-order valence-electron chi connectivity index (χ1n) is 6.67. The lowest BCUT2D eigenvalue weighted by molar-refractivity contribution is 0.107. The first kappa shape index (κ1) is 11.7. The third-order valence-corrected chi connectivity index (χ3v) is 3.36. The molecule has 3 rings (SSSR count). The average molecular weight is 249 g/mol. The van der Waals surface area contributed by atoms with E-state index in [-0.39, 0.29) is 0 Å². The van der Waals surface area contributed by atoms with Gasteiger partial charge in [0.25, 0.3) is 0 Å². The third-order valence-electron chi connectivity index (χ3n) is 3.36. The average Bonchev–Trinajstić information content (AvgIpc) is 2.92. The molecule has 0 bridgehead atoms. The van der Waals surface area contributed by atoms with Crippen molar-refractivity contribution in [1.29, 1.82) is 0 Å². The van der Waals surface area contributed by atoms with Gasteiger partial charge in [0.2, 0.25) is 0 Å². The smallest absolute Gasteiger partial charge is 0.163 e. The van der Waals surface area contributed by atoms with Crippen LogP contribution in [-0.4, -0.2) is 32.5 Å². The highest BCUT2D eigenvalue weighted by molar-refractivity contribution is 5.55. The molecule has 1 unspecified atom stereocenters. The fraction of sp³-hybridized carbons (Fsp3) is 0.571. The van der Waals surface area contributed by atoms with E-state index in [1.807, 2.05) is 18.2 Å². The molecule has 18 heavy (non-hydrogen) atoms. The first-order chi connectivity index (χ1) is 8.92. The number of hydrogen-bond donors (Lipinski definition) is 1. The number of benzene rings is 1. The molecule has 2 aliphatic rings. The van der Waals surface area contributed by atoms with Crippen LogP contribution in [0.25, 0.3) is 0 Å². The summed E-state index contributed by atoms with van der Waals surface area (Å²) in [5, 5.41) is 3.41. The molecule has 4 nitrogen and oxygen atoms in total. The van der Waals surface area contributed by atoms with E-state index < -0.39 is 0 Å². The molecule has 0 amide bonds. The minimum Gasteiger partial charge on any atom is -0.486 e. The Balaban J connectivity index is 1.52. The number of anilines is 1. The Morgan fingerprint density at radius 2 is 2.00 bits per heavy atom. The quantitative estimate of drug-likeness (QED) is 0.889. The summed E-state index contributed by atoms with van der Waals surface area (Å²) in [6.07, 6.45) is 3.90. The van der Waals surface area contributed by atoms with E-state index in [9.17, 15) is 0 Å². The zero-order valence-electron chi connectivity index (χ0n) is 10.5. The van der Waals surface area contributed by atoms with E-state index in [2.05, 4.69) is 5.32 Å². The zero-order valence-corrected chi connectivity index (χ0v) is 10.5. The molecule has 1 fully saturated rings.